The molecule has 0 saturated heterocycles. The molecule has 0 aliphatic rings. The van der Waals surface area contributed by atoms with E-state index in [1.807, 2.05) is 6.92 Å². The Bertz CT molecular complexity index is 428. The summed E-state index contributed by atoms with van der Waals surface area (Å²) in [6.07, 6.45) is 1.99. The predicted octanol–water partition coefficient (Wildman–Crippen LogP) is 2.13. The van der Waals surface area contributed by atoms with Gasteiger partial charge in [-0.05, 0) is 24.1 Å². The van der Waals surface area contributed by atoms with Gasteiger partial charge in [0.2, 0.25) is 5.91 Å². The Hall–Kier alpha value is -2.04. The molecule has 2 N–H and O–H groups in total. The Morgan fingerprint density at radius 2 is 1.95 bits per heavy atom. The van der Waals surface area contributed by atoms with Crippen molar-refractivity contribution in [2.24, 2.45) is 0 Å². The number of ether oxygens (including phenoxy) is 1. The van der Waals surface area contributed by atoms with Gasteiger partial charge < -0.3 is 15.2 Å². The summed E-state index contributed by atoms with van der Waals surface area (Å²) in [6, 6.07) is 5.60. The Labute approximate surface area is 112 Å². The quantitative estimate of drug-likeness (QED) is 0.792. The highest BCUT2D eigenvalue weighted by Gasteiger charge is 2.21. The van der Waals surface area contributed by atoms with Crippen molar-refractivity contribution in [3.8, 4) is 5.75 Å². The molecule has 104 valence electrons. The van der Waals surface area contributed by atoms with E-state index in [0.717, 1.165) is 12.8 Å². The summed E-state index contributed by atoms with van der Waals surface area (Å²) in [4.78, 5) is 22.8. The zero-order valence-electron chi connectivity index (χ0n) is 11.2. The molecule has 0 fully saturated rings. The number of rotatable bonds is 7. The smallest absolute Gasteiger partial charge is 0.330 e. The second-order valence-electron chi connectivity index (χ2n) is 4.22. The van der Waals surface area contributed by atoms with Crippen LogP contribution in [0.2, 0.25) is 0 Å². The molecule has 0 aliphatic carbocycles. The van der Waals surface area contributed by atoms with Crippen molar-refractivity contribution in [3.05, 3.63) is 29.8 Å². The van der Waals surface area contributed by atoms with Gasteiger partial charge in [0.05, 0.1) is 7.11 Å². The molecule has 19 heavy (non-hydrogen) atoms. The first kappa shape index (κ1) is 15.0. The number of amides is 1. The SMILES string of the molecule is CCCCC(=O)NC(C(=O)O)c1ccc(OC)cc1. The van der Waals surface area contributed by atoms with E-state index in [4.69, 9.17) is 4.74 Å². The van der Waals surface area contributed by atoms with Gasteiger partial charge in [-0.15, -0.1) is 0 Å². The van der Waals surface area contributed by atoms with Crippen LogP contribution in [0.3, 0.4) is 0 Å². The number of carboxylic acid groups (broad SMARTS) is 1. The van der Waals surface area contributed by atoms with Crippen molar-refractivity contribution in [2.45, 2.75) is 32.2 Å². The minimum Gasteiger partial charge on any atom is -0.497 e. The number of methoxy groups -OCH3 is 1. The molecular formula is C14H19NO4. The maximum absolute atomic E-state index is 11.6. The second kappa shape index (κ2) is 7.41. The summed E-state index contributed by atoms with van der Waals surface area (Å²) >= 11 is 0. The van der Waals surface area contributed by atoms with Crippen LogP contribution in [0.5, 0.6) is 5.75 Å². The van der Waals surface area contributed by atoms with E-state index in [2.05, 4.69) is 5.32 Å². The van der Waals surface area contributed by atoms with Crippen LogP contribution in [0.15, 0.2) is 24.3 Å². The molecule has 5 heteroatoms. The van der Waals surface area contributed by atoms with Gasteiger partial charge in [-0.3, -0.25) is 4.79 Å². The van der Waals surface area contributed by atoms with Crippen molar-refractivity contribution < 1.29 is 19.4 Å². The van der Waals surface area contributed by atoms with Crippen LogP contribution in [0, 0.1) is 0 Å². The first-order chi connectivity index (χ1) is 9.08. The largest absolute Gasteiger partial charge is 0.497 e. The van der Waals surface area contributed by atoms with E-state index in [1.165, 1.54) is 7.11 Å². The summed E-state index contributed by atoms with van der Waals surface area (Å²) in [5, 5.41) is 11.7. The maximum atomic E-state index is 11.6. The molecule has 1 amide bonds. The topological polar surface area (TPSA) is 75.6 Å². The lowest BCUT2D eigenvalue weighted by Crippen LogP contribution is -2.33. The molecule has 0 saturated carbocycles. The van der Waals surface area contributed by atoms with Gasteiger partial charge in [0, 0.05) is 6.42 Å². The van der Waals surface area contributed by atoms with Crippen LogP contribution in [0.4, 0.5) is 0 Å². The third-order valence-electron chi connectivity index (χ3n) is 2.76. The molecule has 1 unspecified atom stereocenters. The van der Waals surface area contributed by atoms with E-state index in [9.17, 15) is 14.7 Å². The first-order valence-electron chi connectivity index (χ1n) is 6.24. The lowest BCUT2D eigenvalue weighted by atomic mass is 10.1. The van der Waals surface area contributed by atoms with Crippen LogP contribution >= 0.6 is 0 Å². The fourth-order valence-electron chi connectivity index (χ4n) is 1.65. The highest BCUT2D eigenvalue weighted by atomic mass is 16.5. The minimum atomic E-state index is -1.07. The molecular weight excluding hydrogens is 246 g/mol. The third-order valence-corrected chi connectivity index (χ3v) is 2.76. The zero-order chi connectivity index (χ0) is 14.3. The van der Waals surface area contributed by atoms with Gasteiger partial charge in [-0.1, -0.05) is 25.5 Å². The van der Waals surface area contributed by atoms with Crippen molar-refractivity contribution in [1.29, 1.82) is 0 Å². The lowest BCUT2D eigenvalue weighted by molar-refractivity contribution is -0.142. The highest BCUT2D eigenvalue weighted by molar-refractivity contribution is 5.84. The van der Waals surface area contributed by atoms with Crippen LogP contribution in [0.25, 0.3) is 0 Å². The van der Waals surface area contributed by atoms with Gasteiger partial charge in [-0.2, -0.15) is 0 Å². The number of aliphatic carboxylic acids is 1. The van der Waals surface area contributed by atoms with Gasteiger partial charge in [0.1, 0.15) is 5.75 Å². The molecule has 0 bridgehead atoms. The summed E-state index contributed by atoms with van der Waals surface area (Å²) < 4.78 is 5.01. The number of unbranched alkanes of at least 4 members (excludes halogenated alkanes) is 1. The van der Waals surface area contributed by atoms with Gasteiger partial charge >= 0.3 is 5.97 Å². The highest BCUT2D eigenvalue weighted by Crippen LogP contribution is 2.18. The van der Waals surface area contributed by atoms with E-state index in [1.54, 1.807) is 24.3 Å². The monoisotopic (exact) mass is 265 g/mol. The molecule has 1 atom stereocenters. The number of carboxylic acids is 1. The van der Waals surface area contributed by atoms with Gasteiger partial charge in [0.15, 0.2) is 6.04 Å². The van der Waals surface area contributed by atoms with E-state index in [-0.39, 0.29) is 5.91 Å². The maximum Gasteiger partial charge on any atom is 0.330 e. The Balaban J connectivity index is 2.76. The van der Waals surface area contributed by atoms with E-state index >= 15 is 0 Å². The Kier molecular flexibility index (Phi) is 5.85. The molecule has 5 nitrogen and oxygen atoms in total. The van der Waals surface area contributed by atoms with Crippen LogP contribution in [-0.4, -0.2) is 24.1 Å². The standard InChI is InChI=1S/C14H19NO4/c1-3-4-5-12(16)15-13(14(17)18)10-6-8-11(19-2)9-7-10/h6-9,13H,3-5H2,1-2H3,(H,15,16)(H,17,18). The number of nitrogens with one attached hydrogen (secondary N) is 1. The molecule has 0 aliphatic heterocycles. The number of benzene rings is 1. The summed E-state index contributed by atoms with van der Waals surface area (Å²) in [5.74, 6) is -0.676. The zero-order valence-corrected chi connectivity index (χ0v) is 11.2. The molecule has 1 aromatic carbocycles. The summed E-state index contributed by atoms with van der Waals surface area (Å²) in [7, 11) is 1.54. The third kappa shape index (κ3) is 4.62. The number of hydrogen-bond acceptors (Lipinski definition) is 3. The minimum absolute atomic E-state index is 0.245. The van der Waals surface area contributed by atoms with Crippen LogP contribution in [-0.2, 0) is 9.59 Å². The fourth-order valence-corrected chi connectivity index (χ4v) is 1.65. The molecule has 1 aromatic rings. The normalized spacial score (nSPS) is 11.7. The number of carbonyl (C=O) groups is 2. The molecule has 0 radical (unpaired) electrons. The second-order valence-corrected chi connectivity index (χ2v) is 4.22. The predicted molar refractivity (Wildman–Crippen MR) is 71.0 cm³/mol. The van der Waals surface area contributed by atoms with Crippen molar-refractivity contribution in [2.75, 3.05) is 7.11 Å². The van der Waals surface area contributed by atoms with Crippen molar-refractivity contribution in [1.82, 2.24) is 5.32 Å². The fraction of sp³-hybridized carbons (Fsp3) is 0.429. The van der Waals surface area contributed by atoms with Crippen molar-refractivity contribution in [3.63, 3.8) is 0 Å². The van der Waals surface area contributed by atoms with Crippen LogP contribution < -0.4 is 10.1 Å². The van der Waals surface area contributed by atoms with Crippen LogP contribution in [0.1, 0.15) is 37.8 Å². The first-order valence-corrected chi connectivity index (χ1v) is 6.24. The van der Waals surface area contributed by atoms with Gasteiger partial charge in [-0.25, -0.2) is 4.79 Å². The average molecular weight is 265 g/mol. The van der Waals surface area contributed by atoms with E-state index < -0.39 is 12.0 Å². The molecule has 0 aromatic heterocycles. The lowest BCUT2D eigenvalue weighted by Gasteiger charge is -2.15. The molecule has 1 rings (SSSR count). The van der Waals surface area contributed by atoms with E-state index in [0.29, 0.717) is 17.7 Å². The molecule has 0 spiro atoms. The summed E-state index contributed by atoms with van der Waals surface area (Å²) in [6.45, 7) is 1.98. The van der Waals surface area contributed by atoms with Crippen molar-refractivity contribution >= 4 is 11.9 Å². The van der Waals surface area contributed by atoms with Gasteiger partial charge in [0.25, 0.3) is 0 Å². The number of hydrogen-bond donors (Lipinski definition) is 2. The number of carbonyl (C=O) groups excluding carboxylic acids is 1. The average Bonchev–Trinajstić information content (AvgIpc) is 2.42. The summed E-state index contributed by atoms with van der Waals surface area (Å²) in [5.41, 5.74) is 0.526. The molecule has 0 heterocycles. The Morgan fingerprint density at radius 3 is 2.42 bits per heavy atom. The Morgan fingerprint density at radius 1 is 1.32 bits per heavy atom.